The predicted octanol–water partition coefficient (Wildman–Crippen LogP) is 1.12. The SMILES string of the molecule is COc1ccc(OC)c2c1CC1C(=O)OC(=O)C1C2. The Labute approximate surface area is 110 Å². The minimum absolute atomic E-state index is 0.388. The van der Waals surface area contributed by atoms with Crippen LogP contribution in [0, 0.1) is 11.8 Å². The van der Waals surface area contributed by atoms with E-state index in [2.05, 4.69) is 0 Å². The maximum Gasteiger partial charge on any atom is 0.317 e. The number of benzene rings is 1. The highest BCUT2D eigenvalue weighted by Crippen LogP contribution is 2.43. The normalized spacial score (nSPS) is 24.5. The van der Waals surface area contributed by atoms with E-state index in [9.17, 15) is 9.59 Å². The Morgan fingerprint density at radius 2 is 1.37 bits per heavy atom. The summed E-state index contributed by atoms with van der Waals surface area (Å²) < 4.78 is 15.4. The second kappa shape index (κ2) is 4.26. The van der Waals surface area contributed by atoms with Crippen molar-refractivity contribution in [2.45, 2.75) is 12.8 Å². The largest absolute Gasteiger partial charge is 0.496 e. The molecule has 1 saturated heterocycles. The molecule has 3 rings (SSSR count). The van der Waals surface area contributed by atoms with E-state index < -0.39 is 11.9 Å². The molecule has 100 valence electrons. The Morgan fingerprint density at radius 3 is 1.74 bits per heavy atom. The molecule has 0 radical (unpaired) electrons. The summed E-state index contributed by atoms with van der Waals surface area (Å²) in [5, 5.41) is 0. The summed E-state index contributed by atoms with van der Waals surface area (Å²) in [6, 6.07) is 3.64. The molecule has 5 heteroatoms. The van der Waals surface area contributed by atoms with Crippen molar-refractivity contribution in [2.24, 2.45) is 11.8 Å². The molecule has 19 heavy (non-hydrogen) atoms. The Balaban J connectivity index is 2.10. The van der Waals surface area contributed by atoms with Crippen LogP contribution in [0.4, 0.5) is 0 Å². The molecule has 5 nitrogen and oxygen atoms in total. The topological polar surface area (TPSA) is 61.8 Å². The Morgan fingerprint density at radius 1 is 0.947 bits per heavy atom. The van der Waals surface area contributed by atoms with E-state index in [1.54, 1.807) is 14.2 Å². The number of carbonyl (C=O) groups is 2. The number of methoxy groups -OCH3 is 2. The van der Waals surface area contributed by atoms with Crippen molar-refractivity contribution in [3.05, 3.63) is 23.3 Å². The number of hydrogen-bond acceptors (Lipinski definition) is 5. The molecule has 1 aromatic rings. The molecule has 2 atom stereocenters. The summed E-state index contributed by atoms with van der Waals surface area (Å²) in [4.78, 5) is 23.3. The van der Waals surface area contributed by atoms with Gasteiger partial charge < -0.3 is 14.2 Å². The second-order valence-electron chi connectivity index (χ2n) is 4.79. The molecule has 1 fully saturated rings. The molecule has 1 aliphatic carbocycles. The van der Waals surface area contributed by atoms with Crippen LogP contribution in [0.3, 0.4) is 0 Å². The van der Waals surface area contributed by atoms with Crippen LogP contribution in [0.1, 0.15) is 11.1 Å². The van der Waals surface area contributed by atoms with E-state index in [-0.39, 0.29) is 11.8 Å². The first-order valence-electron chi connectivity index (χ1n) is 6.14. The van der Waals surface area contributed by atoms with E-state index in [4.69, 9.17) is 14.2 Å². The average Bonchev–Trinajstić information content (AvgIpc) is 2.70. The van der Waals surface area contributed by atoms with Gasteiger partial charge in [-0.1, -0.05) is 0 Å². The molecule has 1 heterocycles. The van der Waals surface area contributed by atoms with Gasteiger partial charge >= 0.3 is 11.9 Å². The summed E-state index contributed by atoms with van der Waals surface area (Å²) >= 11 is 0. The van der Waals surface area contributed by atoms with Gasteiger partial charge in [-0.2, -0.15) is 0 Å². The highest BCUT2D eigenvalue weighted by Gasteiger charge is 2.48. The fourth-order valence-corrected chi connectivity index (χ4v) is 2.95. The van der Waals surface area contributed by atoms with Gasteiger partial charge in [0.15, 0.2) is 0 Å². The van der Waals surface area contributed by atoms with Crippen LogP contribution in [0.15, 0.2) is 12.1 Å². The van der Waals surface area contributed by atoms with E-state index in [1.165, 1.54) is 0 Å². The summed E-state index contributed by atoms with van der Waals surface area (Å²) in [5.74, 6) is -0.180. The summed E-state index contributed by atoms with van der Waals surface area (Å²) in [6.45, 7) is 0. The van der Waals surface area contributed by atoms with E-state index >= 15 is 0 Å². The van der Waals surface area contributed by atoms with Crippen LogP contribution in [-0.2, 0) is 27.2 Å². The quantitative estimate of drug-likeness (QED) is 0.590. The molecule has 0 amide bonds. The zero-order chi connectivity index (χ0) is 13.6. The van der Waals surface area contributed by atoms with Crippen molar-refractivity contribution in [3.8, 4) is 11.5 Å². The van der Waals surface area contributed by atoms with Crippen LogP contribution in [0.5, 0.6) is 11.5 Å². The van der Waals surface area contributed by atoms with Crippen molar-refractivity contribution in [2.75, 3.05) is 14.2 Å². The molecular formula is C14H14O5. The van der Waals surface area contributed by atoms with E-state index in [0.29, 0.717) is 12.8 Å². The average molecular weight is 262 g/mol. The Hall–Kier alpha value is -2.04. The monoisotopic (exact) mass is 262 g/mol. The number of ether oxygens (including phenoxy) is 3. The third kappa shape index (κ3) is 1.69. The molecule has 0 N–H and O–H groups in total. The van der Waals surface area contributed by atoms with Gasteiger partial charge in [0.1, 0.15) is 11.5 Å². The maximum absolute atomic E-state index is 11.7. The van der Waals surface area contributed by atoms with Crippen LogP contribution < -0.4 is 9.47 Å². The molecule has 0 aromatic heterocycles. The summed E-state index contributed by atoms with van der Waals surface area (Å²) in [6.07, 6.45) is 0.926. The highest BCUT2D eigenvalue weighted by atomic mass is 16.6. The molecule has 0 saturated carbocycles. The third-order valence-electron chi connectivity index (χ3n) is 3.93. The van der Waals surface area contributed by atoms with Crippen molar-refractivity contribution in [1.29, 1.82) is 0 Å². The van der Waals surface area contributed by atoms with Gasteiger partial charge in [-0.3, -0.25) is 9.59 Å². The van der Waals surface area contributed by atoms with E-state index in [0.717, 1.165) is 22.6 Å². The van der Waals surface area contributed by atoms with Crippen LogP contribution >= 0.6 is 0 Å². The van der Waals surface area contributed by atoms with Crippen molar-refractivity contribution in [1.82, 2.24) is 0 Å². The Kier molecular flexibility index (Phi) is 2.69. The molecule has 0 spiro atoms. The van der Waals surface area contributed by atoms with Crippen molar-refractivity contribution >= 4 is 11.9 Å². The lowest BCUT2D eigenvalue weighted by molar-refractivity contribution is -0.153. The first-order chi connectivity index (χ1) is 9.15. The van der Waals surface area contributed by atoms with Gasteiger partial charge in [-0.05, 0) is 25.0 Å². The minimum Gasteiger partial charge on any atom is -0.496 e. The van der Waals surface area contributed by atoms with Gasteiger partial charge in [-0.15, -0.1) is 0 Å². The molecule has 2 unspecified atom stereocenters. The standard InChI is InChI=1S/C14H14O5/c1-17-11-3-4-12(18-2)8-6-10-9(5-7(8)11)13(15)19-14(10)16/h3-4,9-10H,5-6H2,1-2H3. The summed E-state index contributed by atoms with van der Waals surface area (Å²) in [7, 11) is 3.18. The predicted molar refractivity (Wildman–Crippen MR) is 65.0 cm³/mol. The van der Waals surface area contributed by atoms with Crippen LogP contribution in [-0.4, -0.2) is 26.2 Å². The van der Waals surface area contributed by atoms with E-state index in [1.807, 2.05) is 12.1 Å². The lowest BCUT2D eigenvalue weighted by atomic mass is 9.76. The van der Waals surface area contributed by atoms with Gasteiger partial charge in [0.2, 0.25) is 0 Å². The zero-order valence-corrected chi connectivity index (χ0v) is 10.8. The van der Waals surface area contributed by atoms with Gasteiger partial charge in [-0.25, -0.2) is 0 Å². The molecule has 0 bridgehead atoms. The number of hydrogen-bond donors (Lipinski definition) is 0. The molecule has 2 aliphatic rings. The fourth-order valence-electron chi connectivity index (χ4n) is 2.95. The molecular weight excluding hydrogens is 248 g/mol. The zero-order valence-electron chi connectivity index (χ0n) is 10.8. The lowest BCUT2D eigenvalue weighted by Crippen LogP contribution is -2.28. The molecule has 1 aromatic carbocycles. The first-order valence-corrected chi connectivity index (χ1v) is 6.14. The van der Waals surface area contributed by atoms with Gasteiger partial charge in [0.25, 0.3) is 0 Å². The Bertz CT molecular complexity index is 514. The lowest BCUT2D eigenvalue weighted by Gasteiger charge is -2.26. The van der Waals surface area contributed by atoms with Gasteiger partial charge in [0.05, 0.1) is 26.1 Å². The number of esters is 2. The number of carbonyl (C=O) groups excluding carboxylic acids is 2. The smallest absolute Gasteiger partial charge is 0.317 e. The fraction of sp³-hybridized carbons (Fsp3) is 0.429. The molecule has 1 aliphatic heterocycles. The van der Waals surface area contributed by atoms with Crippen LogP contribution in [0.25, 0.3) is 0 Å². The number of fused-ring (bicyclic) bond motifs is 2. The van der Waals surface area contributed by atoms with Crippen molar-refractivity contribution < 1.29 is 23.8 Å². The highest BCUT2D eigenvalue weighted by molar-refractivity contribution is 5.97. The van der Waals surface area contributed by atoms with Crippen molar-refractivity contribution in [3.63, 3.8) is 0 Å². The minimum atomic E-state index is -0.425. The first kappa shape index (κ1) is 12.0. The van der Waals surface area contributed by atoms with Crippen LogP contribution in [0.2, 0.25) is 0 Å². The number of rotatable bonds is 2. The third-order valence-corrected chi connectivity index (χ3v) is 3.93. The maximum atomic E-state index is 11.7. The second-order valence-corrected chi connectivity index (χ2v) is 4.79. The number of cyclic esters (lactones) is 2. The summed E-state index contributed by atoms with van der Waals surface area (Å²) in [5.41, 5.74) is 1.88. The van der Waals surface area contributed by atoms with Gasteiger partial charge in [0, 0.05) is 11.1 Å².